The third-order valence-electron chi connectivity index (χ3n) is 2.83. The third kappa shape index (κ3) is 2.62. The van der Waals surface area contributed by atoms with Gasteiger partial charge in [0.15, 0.2) is 0 Å². The van der Waals surface area contributed by atoms with Crippen LogP contribution >= 0.6 is 11.6 Å². The lowest BCUT2D eigenvalue weighted by atomic mass is 10.1. The molecule has 0 N–H and O–H groups in total. The van der Waals surface area contributed by atoms with Crippen molar-refractivity contribution in [2.75, 3.05) is 30.5 Å². The van der Waals surface area contributed by atoms with Crippen LogP contribution in [0, 0.1) is 5.92 Å². The molecule has 0 amide bonds. The van der Waals surface area contributed by atoms with E-state index in [-0.39, 0.29) is 0 Å². The highest BCUT2D eigenvalue weighted by Crippen LogP contribution is 2.30. The summed E-state index contributed by atoms with van der Waals surface area (Å²) in [7, 11) is 0. The molecule has 1 aliphatic heterocycles. The van der Waals surface area contributed by atoms with Crippen LogP contribution in [0.15, 0.2) is 24.3 Å². The first-order chi connectivity index (χ1) is 7.81. The molecule has 0 saturated heterocycles. The number of alkyl halides is 1. The van der Waals surface area contributed by atoms with Gasteiger partial charge >= 0.3 is 0 Å². The Hall–Kier alpha value is -0.890. The average molecular weight is 240 g/mol. The Bertz CT molecular complexity index is 342. The van der Waals surface area contributed by atoms with Crippen LogP contribution in [-0.4, -0.2) is 25.6 Å². The van der Waals surface area contributed by atoms with Gasteiger partial charge in [0.1, 0.15) is 5.75 Å². The Kier molecular flexibility index (Phi) is 3.94. The van der Waals surface area contributed by atoms with Crippen LogP contribution in [0.4, 0.5) is 5.69 Å². The van der Waals surface area contributed by atoms with E-state index < -0.39 is 0 Å². The minimum atomic E-state index is 0.507. The second kappa shape index (κ2) is 5.44. The fourth-order valence-corrected chi connectivity index (χ4v) is 2.11. The molecule has 0 fully saturated rings. The second-order valence-corrected chi connectivity index (χ2v) is 4.68. The Morgan fingerprint density at radius 2 is 2.25 bits per heavy atom. The Labute approximate surface area is 102 Å². The molecule has 2 nitrogen and oxygen atoms in total. The molecule has 1 aromatic rings. The number of ether oxygens (including phenoxy) is 1. The normalized spacial score (nSPS) is 17.2. The van der Waals surface area contributed by atoms with Crippen molar-refractivity contribution < 1.29 is 4.74 Å². The molecule has 16 heavy (non-hydrogen) atoms. The summed E-state index contributed by atoms with van der Waals surface area (Å²) in [6.45, 7) is 5.05. The van der Waals surface area contributed by atoms with E-state index in [4.69, 9.17) is 16.3 Å². The highest BCUT2D eigenvalue weighted by Gasteiger charge is 2.17. The number of fused-ring (bicyclic) bond motifs is 1. The topological polar surface area (TPSA) is 12.5 Å². The summed E-state index contributed by atoms with van der Waals surface area (Å²) in [6, 6.07) is 8.25. The smallest absolute Gasteiger partial charge is 0.142 e. The van der Waals surface area contributed by atoms with E-state index in [9.17, 15) is 0 Å². The molecule has 88 valence electrons. The monoisotopic (exact) mass is 239 g/mol. The molecule has 2 rings (SSSR count). The molecule has 0 spiro atoms. The molecule has 0 aliphatic carbocycles. The van der Waals surface area contributed by atoms with Crippen molar-refractivity contribution in [3.05, 3.63) is 24.3 Å². The molecule has 0 aromatic heterocycles. The quantitative estimate of drug-likeness (QED) is 0.752. The lowest BCUT2D eigenvalue weighted by Gasteiger charge is -2.26. The highest BCUT2D eigenvalue weighted by atomic mass is 35.5. The number of hydrogen-bond acceptors (Lipinski definition) is 2. The molecule has 1 heterocycles. The zero-order chi connectivity index (χ0) is 11.4. The third-order valence-corrected chi connectivity index (χ3v) is 3.36. The fourth-order valence-electron chi connectivity index (χ4n) is 2.01. The van der Waals surface area contributed by atoms with E-state index in [0.717, 1.165) is 31.9 Å². The van der Waals surface area contributed by atoms with Gasteiger partial charge in [0.2, 0.25) is 0 Å². The zero-order valence-corrected chi connectivity index (χ0v) is 10.4. The number of para-hydroxylation sites is 2. The Morgan fingerprint density at radius 3 is 3.06 bits per heavy atom. The van der Waals surface area contributed by atoms with Crippen molar-refractivity contribution in [3.63, 3.8) is 0 Å². The van der Waals surface area contributed by atoms with Gasteiger partial charge in [0.25, 0.3) is 0 Å². The van der Waals surface area contributed by atoms with Crippen LogP contribution in [0.1, 0.15) is 13.3 Å². The number of hydrogen-bond donors (Lipinski definition) is 0. The van der Waals surface area contributed by atoms with Gasteiger partial charge in [0.05, 0.1) is 12.3 Å². The van der Waals surface area contributed by atoms with Crippen LogP contribution in [0.3, 0.4) is 0 Å². The Morgan fingerprint density at radius 1 is 1.44 bits per heavy atom. The number of anilines is 1. The standard InChI is InChI=1S/C13H18ClNO/c1-11(9-14)10-15-7-4-8-16-13-6-3-2-5-12(13)15/h2-3,5-6,11H,4,7-10H2,1H3. The van der Waals surface area contributed by atoms with Gasteiger partial charge in [-0.25, -0.2) is 0 Å². The molecule has 0 saturated carbocycles. The number of halogens is 1. The molecule has 1 aliphatic rings. The molecule has 3 heteroatoms. The van der Waals surface area contributed by atoms with Crippen molar-refractivity contribution in [1.82, 2.24) is 0 Å². The Balaban J connectivity index is 2.19. The maximum atomic E-state index is 5.88. The number of nitrogens with zero attached hydrogens (tertiary/aromatic N) is 1. The zero-order valence-electron chi connectivity index (χ0n) is 9.66. The first kappa shape index (κ1) is 11.6. The van der Waals surface area contributed by atoms with Crippen molar-refractivity contribution in [3.8, 4) is 5.75 Å². The van der Waals surface area contributed by atoms with E-state index in [1.165, 1.54) is 5.69 Å². The van der Waals surface area contributed by atoms with E-state index in [1.807, 2.05) is 12.1 Å². The summed E-state index contributed by atoms with van der Waals surface area (Å²) in [6.07, 6.45) is 1.07. The predicted molar refractivity (Wildman–Crippen MR) is 68.7 cm³/mol. The first-order valence-corrected chi connectivity index (χ1v) is 6.37. The second-order valence-electron chi connectivity index (χ2n) is 4.38. The van der Waals surface area contributed by atoms with Gasteiger partial charge in [-0.1, -0.05) is 19.1 Å². The molecule has 1 aromatic carbocycles. The molecule has 0 bridgehead atoms. The minimum absolute atomic E-state index is 0.507. The van der Waals surface area contributed by atoms with E-state index in [2.05, 4.69) is 24.0 Å². The van der Waals surface area contributed by atoms with Crippen LogP contribution in [0.5, 0.6) is 5.75 Å². The average Bonchev–Trinajstić information content (AvgIpc) is 2.52. The molecule has 0 radical (unpaired) electrons. The van der Waals surface area contributed by atoms with E-state index >= 15 is 0 Å². The summed E-state index contributed by atoms with van der Waals surface area (Å²) < 4.78 is 5.72. The summed E-state index contributed by atoms with van der Waals surface area (Å²) in [5.41, 5.74) is 1.21. The molecule has 1 atom stereocenters. The minimum Gasteiger partial charge on any atom is -0.491 e. The van der Waals surface area contributed by atoms with Crippen molar-refractivity contribution in [2.45, 2.75) is 13.3 Å². The number of rotatable bonds is 3. The summed E-state index contributed by atoms with van der Waals surface area (Å²) in [5.74, 6) is 2.22. The molecular weight excluding hydrogens is 222 g/mol. The predicted octanol–water partition coefficient (Wildman–Crippen LogP) is 3.15. The van der Waals surface area contributed by atoms with Gasteiger partial charge < -0.3 is 9.64 Å². The fraction of sp³-hybridized carbons (Fsp3) is 0.538. The highest BCUT2D eigenvalue weighted by molar-refractivity contribution is 6.18. The van der Waals surface area contributed by atoms with Crippen LogP contribution in [-0.2, 0) is 0 Å². The summed E-state index contributed by atoms with van der Waals surface area (Å²) >= 11 is 5.88. The van der Waals surface area contributed by atoms with Gasteiger partial charge in [-0.3, -0.25) is 0 Å². The largest absolute Gasteiger partial charge is 0.491 e. The SMILES string of the molecule is CC(CCl)CN1CCCOc2ccccc21. The van der Waals surface area contributed by atoms with Gasteiger partial charge in [-0.05, 0) is 24.5 Å². The lowest BCUT2D eigenvalue weighted by Crippen LogP contribution is -2.29. The van der Waals surface area contributed by atoms with Gasteiger partial charge in [0, 0.05) is 19.0 Å². The van der Waals surface area contributed by atoms with Gasteiger partial charge in [-0.15, -0.1) is 11.6 Å². The van der Waals surface area contributed by atoms with E-state index in [0.29, 0.717) is 11.8 Å². The molecular formula is C13H18ClNO. The van der Waals surface area contributed by atoms with E-state index in [1.54, 1.807) is 0 Å². The summed E-state index contributed by atoms with van der Waals surface area (Å²) in [5, 5.41) is 0. The summed E-state index contributed by atoms with van der Waals surface area (Å²) in [4.78, 5) is 2.38. The maximum absolute atomic E-state index is 5.88. The van der Waals surface area contributed by atoms with Crippen molar-refractivity contribution in [2.24, 2.45) is 5.92 Å². The maximum Gasteiger partial charge on any atom is 0.142 e. The van der Waals surface area contributed by atoms with Crippen molar-refractivity contribution in [1.29, 1.82) is 0 Å². The lowest BCUT2D eigenvalue weighted by molar-refractivity contribution is 0.322. The number of benzene rings is 1. The van der Waals surface area contributed by atoms with Crippen LogP contribution in [0.25, 0.3) is 0 Å². The molecule has 1 unspecified atom stereocenters. The first-order valence-electron chi connectivity index (χ1n) is 5.84. The van der Waals surface area contributed by atoms with Crippen LogP contribution in [0.2, 0.25) is 0 Å². The van der Waals surface area contributed by atoms with Crippen LogP contribution < -0.4 is 9.64 Å². The van der Waals surface area contributed by atoms with Gasteiger partial charge in [-0.2, -0.15) is 0 Å². The van der Waals surface area contributed by atoms with Crippen molar-refractivity contribution >= 4 is 17.3 Å².